The second kappa shape index (κ2) is 5.77. The van der Waals surface area contributed by atoms with Gasteiger partial charge in [-0.2, -0.15) is 0 Å². The zero-order valence-corrected chi connectivity index (χ0v) is 12.6. The highest BCUT2D eigenvalue weighted by molar-refractivity contribution is 7.16. The van der Waals surface area contributed by atoms with Crippen molar-refractivity contribution in [3.8, 4) is 0 Å². The number of anilines is 1. The molecule has 2 heterocycles. The molecule has 0 radical (unpaired) electrons. The van der Waals surface area contributed by atoms with Gasteiger partial charge >= 0.3 is 0 Å². The molecule has 1 fully saturated rings. The van der Waals surface area contributed by atoms with Crippen LogP contribution in [0.3, 0.4) is 0 Å². The minimum absolute atomic E-state index is 0.457. The van der Waals surface area contributed by atoms with Crippen LogP contribution in [0, 0.1) is 11.8 Å². The molecule has 0 aliphatic carbocycles. The summed E-state index contributed by atoms with van der Waals surface area (Å²) in [5, 5.41) is 1.61. The number of alkyl halides is 1. The predicted octanol–water partition coefficient (Wildman–Crippen LogP) is 4.41. The smallest absolute Gasteiger partial charge is 0.187 e. The van der Waals surface area contributed by atoms with E-state index in [1.807, 2.05) is 0 Å². The first kappa shape index (κ1) is 13.4. The molecule has 17 heavy (non-hydrogen) atoms. The second-order valence-corrected chi connectivity index (χ2v) is 6.60. The second-order valence-electron chi connectivity index (χ2n) is 4.91. The van der Waals surface area contributed by atoms with E-state index < -0.39 is 0 Å². The van der Waals surface area contributed by atoms with E-state index in [1.54, 1.807) is 11.3 Å². The fourth-order valence-corrected chi connectivity index (χ4v) is 3.82. The maximum absolute atomic E-state index is 6.03. The molecule has 0 spiro atoms. The van der Waals surface area contributed by atoms with Crippen LogP contribution >= 0.6 is 34.5 Å². The Balaban J connectivity index is 2.00. The largest absolute Gasteiger partial charge is 0.348 e. The normalized spacial score (nSPS) is 18.1. The molecule has 1 aromatic heterocycles. The molecule has 0 atom stereocenters. The maximum atomic E-state index is 6.03. The number of halogens is 2. The molecule has 96 valence electrons. The van der Waals surface area contributed by atoms with Crippen molar-refractivity contribution in [3.05, 3.63) is 10.0 Å². The summed E-state index contributed by atoms with van der Waals surface area (Å²) in [5.74, 6) is 2.10. The first-order valence-electron chi connectivity index (χ1n) is 6.08. The van der Waals surface area contributed by atoms with Gasteiger partial charge in [0.25, 0.3) is 0 Å². The van der Waals surface area contributed by atoms with E-state index in [1.165, 1.54) is 12.8 Å². The first-order valence-corrected chi connectivity index (χ1v) is 7.80. The zero-order chi connectivity index (χ0) is 12.4. The van der Waals surface area contributed by atoms with Gasteiger partial charge in [0, 0.05) is 13.1 Å². The van der Waals surface area contributed by atoms with Crippen molar-refractivity contribution in [2.24, 2.45) is 11.8 Å². The van der Waals surface area contributed by atoms with Crippen LogP contribution in [0.25, 0.3) is 0 Å². The van der Waals surface area contributed by atoms with Crippen LogP contribution in [0.15, 0.2) is 0 Å². The van der Waals surface area contributed by atoms with Gasteiger partial charge in [-0.3, -0.25) is 0 Å². The number of aromatic nitrogens is 1. The molecule has 2 rings (SSSR count). The van der Waals surface area contributed by atoms with Crippen molar-refractivity contribution in [1.29, 1.82) is 0 Å². The molecule has 2 nitrogen and oxygen atoms in total. The average molecular weight is 293 g/mol. The summed E-state index contributed by atoms with van der Waals surface area (Å²) >= 11 is 13.5. The van der Waals surface area contributed by atoms with Gasteiger partial charge in [-0.15, -0.1) is 11.6 Å². The van der Waals surface area contributed by atoms with Gasteiger partial charge in [-0.25, -0.2) is 4.98 Å². The molecule has 1 aliphatic rings. The summed E-state index contributed by atoms with van der Waals surface area (Å²) in [6.45, 7) is 6.81. The minimum Gasteiger partial charge on any atom is -0.348 e. The van der Waals surface area contributed by atoms with Crippen LogP contribution in [-0.4, -0.2) is 18.1 Å². The highest BCUT2D eigenvalue weighted by Crippen LogP contribution is 2.34. The first-order chi connectivity index (χ1) is 8.11. The molecule has 0 unspecified atom stereocenters. The Labute approximate surface area is 117 Å². The lowest BCUT2D eigenvalue weighted by atomic mass is 9.87. The fourth-order valence-electron chi connectivity index (χ4n) is 2.30. The van der Waals surface area contributed by atoms with Crippen LogP contribution in [0.2, 0.25) is 5.15 Å². The van der Waals surface area contributed by atoms with Gasteiger partial charge in [0.05, 0.1) is 10.8 Å². The van der Waals surface area contributed by atoms with Crippen molar-refractivity contribution in [3.63, 3.8) is 0 Å². The van der Waals surface area contributed by atoms with Gasteiger partial charge in [0.15, 0.2) is 5.13 Å². The van der Waals surface area contributed by atoms with Crippen molar-refractivity contribution in [1.82, 2.24) is 4.98 Å². The molecule has 0 bridgehead atoms. The fraction of sp³-hybridized carbons (Fsp3) is 0.750. The lowest BCUT2D eigenvalue weighted by molar-refractivity contribution is 0.311. The van der Waals surface area contributed by atoms with E-state index >= 15 is 0 Å². The summed E-state index contributed by atoms with van der Waals surface area (Å²) in [7, 11) is 0. The molecule has 1 aromatic rings. The number of rotatable bonds is 3. The van der Waals surface area contributed by atoms with Gasteiger partial charge in [0.1, 0.15) is 5.15 Å². The van der Waals surface area contributed by atoms with E-state index in [-0.39, 0.29) is 0 Å². The molecule has 0 N–H and O–H groups in total. The van der Waals surface area contributed by atoms with E-state index in [2.05, 4.69) is 23.7 Å². The summed E-state index contributed by atoms with van der Waals surface area (Å²) in [6, 6.07) is 0. The van der Waals surface area contributed by atoms with Crippen LogP contribution in [0.5, 0.6) is 0 Å². The Morgan fingerprint density at radius 3 is 2.53 bits per heavy atom. The number of thiazole rings is 1. The number of piperidine rings is 1. The van der Waals surface area contributed by atoms with E-state index in [0.29, 0.717) is 11.0 Å². The third kappa shape index (κ3) is 3.07. The average Bonchev–Trinajstić information content (AvgIpc) is 2.70. The molecule has 1 aliphatic heterocycles. The zero-order valence-electron chi connectivity index (χ0n) is 10.2. The van der Waals surface area contributed by atoms with E-state index in [0.717, 1.165) is 34.9 Å². The third-order valence-corrected chi connectivity index (χ3v) is 5.48. The van der Waals surface area contributed by atoms with Gasteiger partial charge in [-0.05, 0) is 24.7 Å². The van der Waals surface area contributed by atoms with Crippen LogP contribution in [0.1, 0.15) is 31.6 Å². The Hall–Kier alpha value is 0.01000. The Kier molecular flexibility index (Phi) is 4.56. The molecule has 0 amide bonds. The third-order valence-electron chi connectivity index (χ3n) is 3.51. The highest BCUT2D eigenvalue weighted by Gasteiger charge is 2.23. The number of nitrogens with zero attached hydrogens (tertiary/aromatic N) is 2. The topological polar surface area (TPSA) is 16.1 Å². The summed E-state index contributed by atoms with van der Waals surface area (Å²) in [5.41, 5.74) is 0. The monoisotopic (exact) mass is 292 g/mol. The molecular formula is C12H18Cl2N2S. The van der Waals surface area contributed by atoms with Gasteiger partial charge < -0.3 is 4.90 Å². The van der Waals surface area contributed by atoms with Crippen LogP contribution in [-0.2, 0) is 5.88 Å². The van der Waals surface area contributed by atoms with Crippen molar-refractivity contribution in [2.75, 3.05) is 18.0 Å². The van der Waals surface area contributed by atoms with Gasteiger partial charge in [-0.1, -0.05) is 36.8 Å². The van der Waals surface area contributed by atoms with E-state index in [4.69, 9.17) is 23.2 Å². The quantitative estimate of drug-likeness (QED) is 0.767. The highest BCUT2D eigenvalue weighted by atomic mass is 35.5. The van der Waals surface area contributed by atoms with Gasteiger partial charge in [0.2, 0.25) is 0 Å². The van der Waals surface area contributed by atoms with Crippen LogP contribution < -0.4 is 4.90 Å². The lowest BCUT2D eigenvalue weighted by Crippen LogP contribution is -2.35. The number of hydrogen-bond acceptors (Lipinski definition) is 3. The molecule has 1 saturated heterocycles. The van der Waals surface area contributed by atoms with Crippen molar-refractivity contribution < 1.29 is 0 Å². The number of hydrogen-bond donors (Lipinski definition) is 0. The SMILES string of the molecule is CC(C)C1CCN(c2nc(Cl)c(CCl)s2)CC1. The molecular weight excluding hydrogens is 275 g/mol. The lowest BCUT2D eigenvalue weighted by Gasteiger charge is -2.33. The standard InChI is InChI=1S/C12H18Cl2N2S/c1-8(2)9-3-5-16(6-4-9)12-15-11(14)10(7-13)17-12/h8-9H,3-7H2,1-2H3. The van der Waals surface area contributed by atoms with Crippen molar-refractivity contribution >= 4 is 39.7 Å². The van der Waals surface area contributed by atoms with Crippen molar-refractivity contribution in [2.45, 2.75) is 32.6 Å². The summed E-state index contributed by atoms with van der Waals surface area (Å²) in [4.78, 5) is 7.72. The Bertz CT molecular complexity index is 371. The Morgan fingerprint density at radius 2 is 2.06 bits per heavy atom. The summed E-state index contributed by atoms with van der Waals surface area (Å²) < 4.78 is 0. The Morgan fingerprint density at radius 1 is 1.41 bits per heavy atom. The maximum Gasteiger partial charge on any atom is 0.187 e. The molecule has 0 saturated carbocycles. The molecule has 0 aromatic carbocycles. The summed E-state index contributed by atoms with van der Waals surface area (Å²) in [6.07, 6.45) is 2.51. The minimum atomic E-state index is 0.457. The predicted molar refractivity (Wildman–Crippen MR) is 76.5 cm³/mol. The van der Waals surface area contributed by atoms with E-state index in [9.17, 15) is 0 Å². The van der Waals surface area contributed by atoms with Crippen LogP contribution in [0.4, 0.5) is 5.13 Å². The molecule has 5 heteroatoms.